The summed E-state index contributed by atoms with van der Waals surface area (Å²) >= 11 is 7.34. The molecular weight excluding hydrogens is 318 g/mol. The van der Waals surface area contributed by atoms with Crippen molar-refractivity contribution in [1.82, 2.24) is 10.3 Å². The molecule has 1 aromatic carbocycles. The number of aromatic nitrogens is 1. The predicted octanol–water partition coefficient (Wildman–Crippen LogP) is 3.77. The molecule has 6 heteroatoms. The van der Waals surface area contributed by atoms with Crippen LogP contribution in [-0.4, -0.2) is 10.9 Å². The average molecular weight is 338 g/mol. The van der Waals surface area contributed by atoms with E-state index in [4.69, 9.17) is 17.3 Å². The predicted molar refractivity (Wildman–Crippen MR) is 91.1 cm³/mol. The van der Waals surface area contributed by atoms with Crippen molar-refractivity contribution < 1.29 is 4.79 Å². The number of rotatable bonds is 6. The van der Waals surface area contributed by atoms with Crippen LogP contribution in [0.15, 0.2) is 29.6 Å². The van der Waals surface area contributed by atoms with Gasteiger partial charge in [0.15, 0.2) is 0 Å². The van der Waals surface area contributed by atoms with Crippen LogP contribution in [0.3, 0.4) is 0 Å². The lowest BCUT2D eigenvalue weighted by atomic mass is 9.97. The van der Waals surface area contributed by atoms with E-state index in [1.165, 1.54) is 11.3 Å². The molecule has 0 saturated heterocycles. The van der Waals surface area contributed by atoms with Crippen molar-refractivity contribution in [3.8, 4) is 0 Å². The molecule has 1 heterocycles. The van der Waals surface area contributed by atoms with Gasteiger partial charge in [-0.05, 0) is 30.0 Å². The first-order valence-electron chi connectivity index (χ1n) is 7.20. The fraction of sp³-hybridized carbons (Fsp3) is 0.375. The Morgan fingerprint density at radius 3 is 2.59 bits per heavy atom. The first-order chi connectivity index (χ1) is 10.5. The van der Waals surface area contributed by atoms with Crippen LogP contribution in [0.2, 0.25) is 5.02 Å². The number of benzene rings is 1. The summed E-state index contributed by atoms with van der Waals surface area (Å²) in [5, 5.41) is 6.25. The maximum Gasteiger partial charge on any atom is 0.271 e. The molecule has 0 aliphatic heterocycles. The molecule has 1 unspecified atom stereocenters. The maximum atomic E-state index is 12.4. The van der Waals surface area contributed by atoms with E-state index in [-0.39, 0.29) is 11.9 Å². The molecular formula is C16H20ClN3OS. The van der Waals surface area contributed by atoms with Gasteiger partial charge in [0, 0.05) is 16.9 Å². The average Bonchev–Trinajstić information content (AvgIpc) is 2.96. The highest BCUT2D eigenvalue weighted by Gasteiger charge is 2.18. The van der Waals surface area contributed by atoms with Crippen LogP contribution in [0.4, 0.5) is 0 Å². The lowest BCUT2D eigenvalue weighted by Crippen LogP contribution is -2.29. The van der Waals surface area contributed by atoms with Crippen LogP contribution >= 0.6 is 22.9 Å². The molecule has 0 radical (unpaired) electrons. The van der Waals surface area contributed by atoms with Gasteiger partial charge in [-0.1, -0.05) is 37.6 Å². The highest BCUT2D eigenvalue weighted by atomic mass is 35.5. The second kappa shape index (κ2) is 7.72. The standard InChI is InChI=1S/C16H20ClN3OS/c1-10(2)7-13(11-3-5-12(17)6-4-11)20-16(21)14-9-22-15(8-18)19-14/h3-6,9-10,13H,7-8,18H2,1-2H3,(H,20,21). The van der Waals surface area contributed by atoms with Crippen molar-refractivity contribution in [2.24, 2.45) is 11.7 Å². The van der Waals surface area contributed by atoms with Gasteiger partial charge < -0.3 is 11.1 Å². The normalized spacial score (nSPS) is 12.4. The minimum atomic E-state index is -0.170. The molecule has 0 saturated carbocycles. The Balaban J connectivity index is 2.15. The Labute approximate surface area is 139 Å². The summed E-state index contributed by atoms with van der Waals surface area (Å²) in [6.07, 6.45) is 0.848. The number of carbonyl (C=O) groups is 1. The Morgan fingerprint density at radius 1 is 1.36 bits per heavy atom. The number of nitrogens with two attached hydrogens (primary N) is 1. The molecule has 0 bridgehead atoms. The Morgan fingerprint density at radius 2 is 2.05 bits per heavy atom. The minimum absolute atomic E-state index is 0.0622. The molecule has 1 aromatic heterocycles. The lowest BCUT2D eigenvalue weighted by molar-refractivity contribution is 0.0927. The summed E-state index contributed by atoms with van der Waals surface area (Å²) in [5.74, 6) is 0.285. The van der Waals surface area contributed by atoms with Crippen molar-refractivity contribution in [1.29, 1.82) is 0 Å². The van der Waals surface area contributed by atoms with Crippen molar-refractivity contribution in [3.63, 3.8) is 0 Å². The summed E-state index contributed by atoms with van der Waals surface area (Å²) in [6, 6.07) is 7.51. The number of hydrogen-bond donors (Lipinski definition) is 2. The third-order valence-electron chi connectivity index (χ3n) is 3.24. The van der Waals surface area contributed by atoms with Gasteiger partial charge >= 0.3 is 0 Å². The Bertz CT molecular complexity index is 625. The van der Waals surface area contributed by atoms with Crippen molar-refractivity contribution >= 4 is 28.8 Å². The fourth-order valence-corrected chi connectivity index (χ4v) is 2.97. The van der Waals surface area contributed by atoms with Crippen molar-refractivity contribution in [2.45, 2.75) is 32.9 Å². The molecule has 118 valence electrons. The molecule has 22 heavy (non-hydrogen) atoms. The van der Waals surface area contributed by atoms with E-state index in [0.29, 0.717) is 23.2 Å². The molecule has 1 amide bonds. The van der Waals surface area contributed by atoms with E-state index in [1.54, 1.807) is 5.38 Å². The zero-order valence-electron chi connectivity index (χ0n) is 12.7. The Hall–Kier alpha value is -1.43. The SMILES string of the molecule is CC(C)CC(NC(=O)c1csc(CN)n1)c1ccc(Cl)cc1. The smallest absolute Gasteiger partial charge is 0.271 e. The van der Waals surface area contributed by atoms with Gasteiger partial charge in [0.25, 0.3) is 5.91 Å². The van der Waals surface area contributed by atoms with Crippen LogP contribution in [-0.2, 0) is 6.54 Å². The first-order valence-corrected chi connectivity index (χ1v) is 8.46. The summed E-state index contributed by atoms with van der Waals surface area (Å²) in [6.45, 7) is 4.61. The monoisotopic (exact) mass is 337 g/mol. The number of halogens is 1. The van der Waals surface area contributed by atoms with Gasteiger partial charge in [0.1, 0.15) is 10.7 Å². The fourth-order valence-electron chi connectivity index (χ4n) is 2.19. The number of nitrogens with one attached hydrogen (secondary N) is 1. The minimum Gasteiger partial charge on any atom is -0.344 e. The summed E-state index contributed by atoms with van der Waals surface area (Å²) in [4.78, 5) is 16.6. The number of amides is 1. The number of nitrogens with zero attached hydrogens (tertiary/aromatic N) is 1. The lowest BCUT2D eigenvalue weighted by Gasteiger charge is -2.20. The molecule has 3 N–H and O–H groups in total. The number of hydrogen-bond acceptors (Lipinski definition) is 4. The van der Waals surface area contributed by atoms with Crippen molar-refractivity contribution in [3.05, 3.63) is 50.9 Å². The highest BCUT2D eigenvalue weighted by molar-refractivity contribution is 7.09. The third-order valence-corrected chi connectivity index (χ3v) is 4.37. The Kier molecular flexibility index (Phi) is 5.94. The topological polar surface area (TPSA) is 68.0 Å². The number of thiazole rings is 1. The zero-order chi connectivity index (χ0) is 16.1. The van der Waals surface area contributed by atoms with Gasteiger partial charge in [-0.3, -0.25) is 4.79 Å². The van der Waals surface area contributed by atoms with E-state index in [2.05, 4.69) is 24.1 Å². The van der Waals surface area contributed by atoms with Crippen LogP contribution in [0.25, 0.3) is 0 Å². The molecule has 0 fully saturated rings. The van der Waals surface area contributed by atoms with Gasteiger partial charge in [-0.15, -0.1) is 11.3 Å². The van der Waals surface area contributed by atoms with E-state index >= 15 is 0 Å². The summed E-state index contributed by atoms with van der Waals surface area (Å²) in [5.41, 5.74) is 7.01. The van der Waals surface area contributed by atoms with Gasteiger partial charge in [0.2, 0.25) is 0 Å². The third kappa shape index (κ3) is 4.53. The molecule has 4 nitrogen and oxygen atoms in total. The largest absolute Gasteiger partial charge is 0.344 e. The second-order valence-electron chi connectivity index (χ2n) is 5.54. The second-order valence-corrected chi connectivity index (χ2v) is 6.92. The van der Waals surface area contributed by atoms with Gasteiger partial charge in [-0.25, -0.2) is 4.98 Å². The molecule has 0 spiro atoms. The van der Waals surface area contributed by atoms with E-state index in [1.807, 2.05) is 24.3 Å². The van der Waals surface area contributed by atoms with Crippen LogP contribution in [0, 0.1) is 5.92 Å². The summed E-state index contributed by atoms with van der Waals surface area (Å²) in [7, 11) is 0. The van der Waals surface area contributed by atoms with Crippen molar-refractivity contribution in [2.75, 3.05) is 0 Å². The van der Waals surface area contributed by atoms with Crippen LogP contribution in [0.5, 0.6) is 0 Å². The van der Waals surface area contributed by atoms with E-state index < -0.39 is 0 Å². The van der Waals surface area contributed by atoms with E-state index in [0.717, 1.165) is 17.0 Å². The molecule has 1 atom stereocenters. The quantitative estimate of drug-likeness (QED) is 0.843. The van der Waals surface area contributed by atoms with Crippen LogP contribution < -0.4 is 11.1 Å². The molecule has 2 rings (SSSR count). The van der Waals surface area contributed by atoms with Gasteiger partial charge in [-0.2, -0.15) is 0 Å². The molecule has 0 aliphatic carbocycles. The molecule has 0 aliphatic rings. The van der Waals surface area contributed by atoms with Crippen LogP contribution in [0.1, 0.15) is 47.4 Å². The molecule has 2 aromatic rings. The highest BCUT2D eigenvalue weighted by Crippen LogP contribution is 2.23. The maximum absolute atomic E-state index is 12.4. The first kappa shape index (κ1) is 16.9. The summed E-state index contributed by atoms with van der Waals surface area (Å²) < 4.78 is 0. The van der Waals surface area contributed by atoms with Gasteiger partial charge in [0.05, 0.1) is 6.04 Å². The van der Waals surface area contributed by atoms with E-state index in [9.17, 15) is 4.79 Å². The zero-order valence-corrected chi connectivity index (χ0v) is 14.2. The number of carbonyl (C=O) groups excluding carboxylic acids is 1.